The van der Waals surface area contributed by atoms with Crippen molar-refractivity contribution in [2.75, 3.05) is 39.6 Å². The van der Waals surface area contributed by atoms with E-state index in [0.29, 0.717) is 25.7 Å². The van der Waals surface area contributed by atoms with Crippen LogP contribution in [0, 0.1) is 0 Å². The molecule has 0 aromatic carbocycles. The van der Waals surface area contributed by atoms with E-state index in [9.17, 15) is 43.2 Å². The number of unbranched alkanes of at least 4 members (excludes halogenated alkanes) is 27. The van der Waals surface area contributed by atoms with E-state index in [-0.39, 0.29) is 25.7 Å². The molecule has 0 spiro atoms. The van der Waals surface area contributed by atoms with Crippen LogP contribution in [0.25, 0.3) is 0 Å². The average Bonchev–Trinajstić information content (AvgIpc) is 0.986. The molecule has 0 aromatic heterocycles. The molecule has 5 atom stereocenters. The van der Waals surface area contributed by atoms with Gasteiger partial charge in [-0.15, -0.1) is 0 Å². The SMILES string of the molecule is CC/C=C\C/C=C\C/C=C\C/C=C\CCCCCCC(=O)OCC(COP(=O)(O)OCC(O)COP(=O)(O)OCC(COC(=O)CCCCCCC/C=C\C/C=C\CCCCC)OC(=O)CCCCCCC/C=C\C/C=C\CCCCC)OC(=O)CCCCCCC/C=C\CCCC. The topological polar surface area (TPSA) is 237 Å². The maximum Gasteiger partial charge on any atom is 0.472 e. The van der Waals surface area contributed by atoms with Gasteiger partial charge in [0.2, 0.25) is 0 Å². The molecule has 0 aliphatic heterocycles. The Morgan fingerprint density at radius 3 is 0.857 bits per heavy atom. The van der Waals surface area contributed by atoms with E-state index in [0.717, 1.165) is 180 Å². The Kier molecular flexibility index (Phi) is 68.0. The van der Waals surface area contributed by atoms with E-state index in [1.807, 2.05) is 0 Å². The van der Waals surface area contributed by atoms with Crippen LogP contribution >= 0.6 is 15.6 Å². The predicted molar refractivity (Wildman–Crippen MR) is 399 cm³/mol. The minimum Gasteiger partial charge on any atom is -0.462 e. The standard InChI is InChI=1S/C79H136O17P2/c1-5-9-13-17-21-25-29-32-35-36-39-41-45-48-52-56-60-64-77(82)89-69-74(95-78(83)65-61-57-53-49-43-28-24-20-16-12-8-4)71-93-97(85,86)91-67-73(80)68-92-98(87,88)94-72-75(96-79(84)66-62-58-54-50-46-42-38-34-31-27-23-19-15-11-7-3)70-90-76(81)63-59-55-51-47-44-40-37-33-30-26-22-18-14-10-6-2/h9,13,20-27,32-35,37-39,41,73-75,80H,5-8,10-12,14-19,28-31,36,40,42-72H2,1-4H3,(H,85,86)(H,87,88)/b13-9-,24-20-,25-21-,26-22-,27-23-,35-32-,37-33-,38-34-,41-39-. The fraction of sp³-hybridized carbons (Fsp3) is 0.722. The number of carbonyl (C=O) groups is 4. The van der Waals surface area contributed by atoms with Gasteiger partial charge in [0, 0.05) is 25.7 Å². The molecule has 0 aliphatic carbocycles. The average molecular weight is 1420 g/mol. The molecule has 0 radical (unpaired) electrons. The number of esters is 4. The van der Waals surface area contributed by atoms with Crippen molar-refractivity contribution in [2.45, 2.75) is 329 Å². The zero-order chi connectivity index (χ0) is 71.8. The zero-order valence-electron chi connectivity index (χ0n) is 61.4. The molecule has 5 unspecified atom stereocenters. The van der Waals surface area contributed by atoms with E-state index in [4.69, 9.17) is 37.0 Å². The van der Waals surface area contributed by atoms with Crippen molar-refractivity contribution < 1.29 is 80.2 Å². The summed E-state index contributed by atoms with van der Waals surface area (Å²) in [6, 6.07) is 0. The number of phosphoric acid groups is 2. The molecule has 0 amide bonds. The van der Waals surface area contributed by atoms with E-state index in [1.165, 1.54) is 51.4 Å². The minimum atomic E-state index is -4.98. The summed E-state index contributed by atoms with van der Waals surface area (Å²) in [6.45, 7) is 4.60. The quantitative estimate of drug-likeness (QED) is 0.0169. The van der Waals surface area contributed by atoms with E-state index in [1.54, 1.807) is 0 Å². The van der Waals surface area contributed by atoms with Gasteiger partial charge in [-0.25, -0.2) is 9.13 Å². The van der Waals surface area contributed by atoms with Crippen LogP contribution in [0.2, 0.25) is 0 Å². The van der Waals surface area contributed by atoms with Gasteiger partial charge in [-0.05, 0) is 148 Å². The summed E-state index contributed by atoms with van der Waals surface area (Å²) in [6.07, 6.45) is 75.1. The molecular weight excluding hydrogens is 1280 g/mol. The normalized spacial score (nSPS) is 14.6. The third kappa shape index (κ3) is 70.2. The largest absolute Gasteiger partial charge is 0.472 e. The first-order valence-corrected chi connectivity index (χ1v) is 41.1. The molecule has 98 heavy (non-hydrogen) atoms. The molecule has 3 N–H and O–H groups in total. The number of rotatable bonds is 71. The first-order chi connectivity index (χ1) is 47.7. The summed E-state index contributed by atoms with van der Waals surface area (Å²) >= 11 is 0. The molecule has 0 bridgehead atoms. The Morgan fingerprint density at radius 2 is 0.541 bits per heavy atom. The van der Waals surface area contributed by atoms with E-state index < -0.39 is 97.5 Å². The lowest BCUT2D eigenvalue weighted by molar-refractivity contribution is -0.161. The van der Waals surface area contributed by atoms with Gasteiger partial charge >= 0.3 is 39.5 Å². The van der Waals surface area contributed by atoms with Gasteiger partial charge in [0.25, 0.3) is 0 Å². The van der Waals surface area contributed by atoms with E-state index in [2.05, 4.69) is 137 Å². The first-order valence-electron chi connectivity index (χ1n) is 38.1. The fourth-order valence-corrected chi connectivity index (χ4v) is 11.4. The second-order valence-corrected chi connectivity index (χ2v) is 28.1. The zero-order valence-corrected chi connectivity index (χ0v) is 63.2. The molecule has 564 valence electrons. The van der Waals surface area contributed by atoms with Crippen molar-refractivity contribution in [3.63, 3.8) is 0 Å². The number of hydrogen-bond acceptors (Lipinski definition) is 15. The monoisotopic (exact) mass is 1420 g/mol. The number of allylic oxidation sites excluding steroid dienone is 18. The van der Waals surface area contributed by atoms with Crippen molar-refractivity contribution in [2.24, 2.45) is 0 Å². The lowest BCUT2D eigenvalue weighted by atomic mass is 10.1. The van der Waals surface area contributed by atoms with Crippen molar-refractivity contribution >= 4 is 39.5 Å². The van der Waals surface area contributed by atoms with Crippen LogP contribution in [0.1, 0.15) is 310 Å². The van der Waals surface area contributed by atoms with Gasteiger partial charge in [-0.3, -0.25) is 37.3 Å². The van der Waals surface area contributed by atoms with Crippen LogP contribution in [0.15, 0.2) is 109 Å². The third-order valence-corrected chi connectivity index (χ3v) is 17.6. The van der Waals surface area contributed by atoms with Gasteiger partial charge in [-0.1, -0.05) is 246 Å². The molecule has 0 aromatic rings. The molecule has 17 nitrogen and oxygen atoms in total. The number of phosphoric ester groups is 2. The summed E-state index contributed by atoms with van der Waals surface area (Å²) in [5.41, 5.74) is 0. The molecular formula is C79H136O17P2. The summed E-state index contributed by atoms with van der Waals surface area (Å²) in [4.78, 5) is 72.8. The van der Waals surface area contributed by atoms with Crippen LogP contribution < -0.4 is 0 Å². The number of carbonyl (C=O) groups excluding carboxylic acids is 4. The van der Waals surface area contributed by atoms with Crippen molar-refractivity contribution in [3.8, 4) is 0 Å². The lowest BCUT2D eigenvalue weighted by Crippen LogP contribution is -2.30. The Balaban J connectivity index is 5.37. The minimum absolute atomic E-state index is 0.0748. The molecule has 0 heterocycles. The molecule has 0 saturated carbocycles. The number of ether oxygens (including phenoxy) is 4. The maximum absolute atomic E-state index is 13.1. The van der Waals surface area contributed by atoms with Gasteiger partial charge in [0.1, 0.15) is 19.3 Å². The Bertz CT molecular complexity index is 2290. The van der Waals surface area contributed by atoms with Gasteiger partial charge in [0.15, 0.2) is 12.2 Å². The second-order valence-electron chi connectivity index (χ2n) is 25.2. The number of aliphatic hydroxyl groups is 1. The van der Waals surface area contributed by atoms with Crippen molar-refractivity contribution in [1.82, 2.24) is 0 Å². The summed E-state index contributed by atoms with van der Waals surface area (Å²) in [5, 5.41) is 10.6. The molecule has 0 aliphatic rings. The second kappa shape index (κ2) is 71.1. The Morgan fingerprint density at radius 1 is 0.296 bits per heavy atom. The highest BCUT2D eigenvalue weighted by atomic mass is 31.2. The number of aliphatic hydroxyl groups excluding tert-OH is 1. The van der Waals surface area contributed by atoms with Gasteiger partial charge < -0.3 is 33.8 Å². The molecule has 19 heteroatoms. The molecule has 0 fully saturated rings. The van der Waals surface area contributed by atoms with Crippen LogP contribution in [-0.2, 0) is 65.4 Å². The lowest BCUT2D eigenvalue weighted by Gasteiger charge is -2.21. The molecule has 0 saturated heterocycles. The van der Waals surface area contributed by atoms with E-state index >= 15 is 0 Å². The summed E-state index contributed by atoms with van der Waals surface area (Å²) in [7, 11) is -9.96. The highest BCUT2D eigenvalue weighted by Crippen LogP contribution is 2.45. The fourth-order valence-electron chi connectivity index (χ4n) is 9.84. The Hall–Kier alpha value is -4.28. The van der Waals surface area contributed by atoms with Gasteiger partial charge in [0.05, 0.1) is 26.4 Å². The van der Waals surface area contributed by atoms with Crippen LogP contribution in [-0.4, -0.2) is 96.7 Å². The highest BCUT2D eigenvalue weighted by molar-refractivity contribution is 7.47. The van der Waals surface area contributed by atoms with Crippen LogP contribution in [0.3, 0.4) is 0 Å². The Labute approximate surface area is 594 Å². The predicted octanol–water partition coefficient (Wildman–Crippen LogP) is 21.8. The van der Waals surface area contributed by atoms with Crippen molar-refractivity contribution in [3.05, 3.63) is 109 Å². The summed E-state index contributed by atoms with van der Waals surface area (Å²) in [5.74, 6) is -2.24. The third-order valence-electron chi connectivity index (χ3n) is 15.7. The first kappa shape index (κ1) is 93.7. The number of hydrogen-bond donors (Lipinski definition) is 3. The van der Waals surface area contributed by atoms with Gasteiger partial charge in [-0.2, -0.15) is 0 Å². The summed E-state index contributed by atoms with van der Waals surface area (Å²) < 4.78 is 68.4. The maximum atomic E-state index is 13.1. The van der Waals surface area contributed by atoms with Crippen LogP contribution in [0.4, 0.5) is 0 Å². The molecule has 0 rings (SSSR count). The highest BCUT2D eigenvalue weighted by Gasteiger charge is 2.30. The van der Waals surface area contributed by atoms with Crippen LogP contribution in [0.5, 0.6) is 0 Å². The van der Waals surface area contributed by atoms with Crippen molar-refractivity contribution in [1.29, 1.82) is 0 Å². The smallest absolute Gasteiger partial charge is 0.462 e.